The molecule has 2 aliphatic rings. The molecule has 1 saturated heterocycles. The average Bonchev–Trinajstić information content (AvgIpc) is 2.93. The number of hydrogen-bond donors (Lipinski definition) is 2. The lowest BCUT2D eigenvalue weighted by atomic mass is 10.1. The van der Waals surface area contributed by atoms with Crippen molar-refractivity contribution in [2.45, 2.75) is 44.6 Å². The van der Waals surface area contributed by atoms with E-state index in [0.717, 1.165) is 18.9 Å². The number of halogens is 4. The van der Waals surface area contributed by atoms with E-state index in [4.69, 9.17) is 21.1 Å². The van der Waals surface area contributed by atoms with Gasteiger partial charge in [0.2, 0.25) is 11.8 Å². The van der Waals surface area contributed by atoms with Crippen LogP contribution in [0.3, 0.4) is 0 Å². The van der Waals surface area contributed by atoms with E-state index in [1.54, 1.807) is 0 Å². The molecule has 3 aromatic rings. The number of nitrogens with one attached hydrogen (secondary N) is 1. The van der Waals surface area contributed by atoms with Crippen molar-refractivity contribution in [2.24, 2.45) is 0 Å². The molecule has 1 unspecified atom stereocenters. The molecule has 0 amide bonds. The molecule has 0 radical (unpaired) electrons. The van der Waals surface area contributed by atoms with Crippen molar-refractivity contribution in [3.8, 4) is 11.6 Å². The van der Waals surface area contributed by atoms with E-state index in [-0.39, 0.29) is 42.3 Å². The monoisotopic (exact) mass is 566 g/mol. The van der Waals surface area contributed by atoms with Crippen LogP contribution < -0.4 is 20.5 Å². The van der Waals surface area contributed by atoms with Crippen LogP contribution in [0.15, 0.2) is 35.3 Å². The summed E-state index contributed by atoms with van der Waals surface area (Å²) in [5, 5.41) is 16.3. The first-order valence-electron chi connectivity index (χ1n) is 12.5. The number of aromatic nitrogens is 4. The third-order valence-electron chi connectivity index (χ3n) is 6.52. The van der Waals surface area contributed by atoms with Crippen LogP contribution in [0.2, 0.25) is 5.02 Å². The Labute approximate surface area is 226 Å². The summed E-state index contributed by atoms with van der Waals surface area (Å²) >= 11 is 6.50. The molecular weight excluding hydrogens is 541 g/mol. The van der Waals surface area contributed by atoms with Crippen LogP contribution in [0.4, 0.5) is 24.8 Å². The first kappa shape index (κ1) is 27.2. The van der Waals surface area contributed by atoms with E-state index in [1.165, 1.54) is 29.1 Å². The van der Waals surface area contributed by atoms with Crippen LogP contribution in [0.5, 0.6) is 11.6 Å². The van der Waals surface area contributed by atoms with Crippen molar-refractivity contribution in [2.75, 3.05) is 36.5 Å². The number of aliphatic hydroxyl groups excluding tert-OH is 1. The predicted octanol–water partition coefficient (Wildman–Crippen LogP) is 4.16. The third kappa shape index (κ3) is 5.80. The number of aliphatic hydroxyl groups is 1. The van der Waals surface area contributed by atoms with E-state index >= 15 is 0 Å². The molecule has 2 aromatic heterocycles. The maximum Gasteiger partial charge on any atom is 0.419 e. The van der Waals surface area contributed by atoms with Gasteiger partial charge in [0.1, 0.15) is 10.8 Å². The average molecular weight is 567 g/mol. The molecule has 1 fully saturated rings. The first-order valence-corrected chi connectivity index (χ1v) is 12.9. The van der Waals surface area contributed by atoms with Crippen molar-refractivity contribution in [3.63, 3.8) is 0 Å². The number of para-hydroxylation sites is 1. The van der Waals surface area contributed by atoms with Crippen molar-refractivity contribution in [3.05, 3.63) is 62.7 Å². The Hall–Kier alpha value is -3.42. The third-order valence-corrected chi connectivity index (χ3v) is 6.87. The Morgan fingerprint density at radius 2 is 2.05 bits per heavy atom. The number of fused-ring (bicyclic) bond motifs is 1. The van der Waals surface area contributed by atoms with E-state index in [1.807, 2.05) is 4.90 Å². The van der Waals surface area contributed by atoms with Crippen LogP contribution in [-0.2, 0) is 23.9 Å². The molecule has 5 rings (SSSR count). The number of ether oxygens (including phenoxy) is 2. The minimum absolute atomic E-state index is 0.00844. The smallest absolute Gasteiger partial charge is 0.419 e. The molecule has 0 aliphatic carbocycles. The largest absolute Gasteiger partial charge is 0.438 e. The number of benzene rings is 1. The zero-order valence-electron chi connectivity index (χ0n) is 20.7. The number of rotatable bonds is 7. The number of alkyl halides is 3. The summed E-state index contributed by atoms with van der Waals surface area (Å²) in [5.41, 5.74) is 0.0262. The van der Waals surface area contributed by atoms with Gasteiger partial charge in [0.25, 0.3) is 5.56 Å². The van der Waals surface area contributed by atoms with Crippen molar-refractivity contribution in [1.29, 1.82) is 0 Å². The minimum atomic E-state index is -4.62. The lowest BCUT2D eigenvalue weighted by molar-refractivity contribution is -0.138. The molecule has 0 spiro atoms. The Morgan fingerprint density at radius 3 is 2.79 bits per heavy atom. The zero-order valence-corrected chi connectivity index (χ0v) is 21.5. The Bertz CT molecular complexity index is 1400. The van der Waals surface area contributed by atoms with Crippen LogP contribution in [0.1, 0.15) is 42.3 Å². The number of hydrogen-bond acceptors (Lipinski definition) is 9. The van der Waals surface area contributed by atoms with Crippen LogP contribution >= 0.6 is 11.6 Å². The fourth-order valence-corrected chi connectivity index (χ4v) is 4.86. The van der Waals surface area contributed by atoms with Crippen molar-refractivity contribution >= 4 is 23.2 Å². The van der Waals surface area contributed by atoms with Gasteiger partial charge in [0.05, 0.1) is 36.3 Å². The van der Waals surface area contributed by atoms with E-state index < -0.39 is 23.5 Å². The maximum atomic E-state index is 13.6. The predicted molar refractivity (Wildman–Crippen MR) is 136 cm³/mol. The van der Waals surface area contributed by atoms with Crippen molar-refractivity contribution < 1.29 is 27.8 Å². The molecule has 1 aromatic carbocycles. The Balaban J connectivity index is 1.47. The second kappa shape index (κ2) is 11.4. The second-order valence-corrected chi connectivity index (χ2v) is 9.49. The fourth-order valence-electron chi connectivity index (χ4n) is 4.61. The summed E-state index contributed by atoms with van der Waals surface area (Å²) in [5.74, 6) is -0.327. The Morgan fingerprint density at radius 1 is 1.23 bits per heavy atom. The molecule has 10 nitrogen and oxygen atoms in total. The fraction of sp³-hybridized carbons (Fsp3) is 0.440. The maximum absolute atomic E-state index is 13.6. The lowest BCUT2D eigenvalue weighted by Gasteiger charge is -2.31. The SMILES string of the molecule is O=c1c(Cl)c(N2CCc3c(nc(NCCO)nc3Oc3ccccc3C(F)(F)F)C2)cnn1C1CCCCO1. The molecule has 2 N–H and O–H groups in total. The highest BCUT2D eigenvalue weighted by atomic mass is 35.5. The first-order chi connectivity index (χ1) is 18.8. The topological polar surface area (TPSA) is 115 Å². The van der Waals surface area contributed by atoms with Gasteiger partial charge in [0, 0.05) is 25.3 Å². The van der Waals surface area contributed by atoms with Gasteiger partial charge in [-0.15, -0.1) is 0 Å². The summed E-state index contributed by atoms with van der Waals surface area (Å²) in [7, 11) is 0. The van der Waals surface area contributed by atoms with Gasteiger partial charge in [-0.2, -0.15) is 27.9 Å². The molecule has 1 atom stereocenters. The summed E-state index contributed by atoms with van der Waals surface area (Å²) in [6.45, 7) is 1.00. The minimum Gasteiger partial charge on any atom is -0.438 e. The highest BCUT2D eigenvalue weighted by Crippen LogP contribution is 2.39. The van der Waals surface area contributed by atoms with Gasteiger partial charge < -0.3 is 24.8 Å². The van der Waals surface area contributed by atoms with Gasteiger partial charge in [-0.25, -0.2) is 4.98 Å². The molecule has 14 heteroatoms. The zero-order chi connectivity index (χ0) is 27.6. The van der Waals surface area contributed by atoms with Gasteiger partial charge in [-0.05, 0) is 37.8 Å². The number of nitrogens with zero attached hydrogens (tertiary/aromatic N) is 5. The molecule has 0 saturated carbocycles. The quantitative estimate of drug-likeness (QED) is 0.435. The lowest BCUT2D eigenvalue weighted by Crippen LogP contribution is -2.36. The van der Waals surface area contributed by atoms with Gasteiger partial charge in [-0.3, -0.25) is 4.79 Å². The standard InChI is InChI=1S/C25H26ClF3N6O4/c26-21-18(13-31-35(23(21)37)20-7-3-4-12-38-20)34-10-8-15-17(14-34)32-24(30-9-11-36)33-22(15)39-19-6-2-1-5-16(19)25(27,28)29/h1-2,5-6,13,20,36H,3-4,7-12,14H2,(H,30,32,33). The molecule has 0 bridgehead atoms. The number of anilines is 2. The summed E-state index contributed by atoms with van der Waals surface area (Å²) in [6, 6.07) is 4.89. The van der Waals surface area contributed by atoms with Crippen molar-refractivity contribution in [1.82, 2.24) is 19.7 Å². The van der Waals surface area contributed by atoms with Crippen LogP contribution in [0, 0.1) is 0 Å². The summed E-state index contributed by atoms with van der Waals surface area (Å²) in [4.78, 5) is 23.6. The molecule has 2 aliphatic heterocycles. The van der Waals surface area contributed by atoms with Crippen LogP contribution in [0.25, 0.3) is 0 Å². The molecule has 208 valence electrons. The normalized spacial score (nSPS) is 17.6. The van der Waals surface area contributed by atoms with E-state index in [0.29, 0.717) is 42.9 Å². The molecule has 4 heterocycles. The summed E-state index contributed by atoms with van der Waals surface area (Å²) < 4.78 is 53.4. The molecule has 39 heavy (non-hydrogen) atoms. The van der Waals surface area contributed by atoms with Gasteiger partial charge in [0.15, 0.2) is 6.23 Å². The Kier molecular flexibility index (Phi) is 7.91. The van der Waals surface area contributed by atoms with E-state index in [2.05, 4.69) is 20.4 Å². The highest BCUT2D eigenvalue weighted by molar-refractivity contribution is 6.33. The highest BCUT2D eigenvalue weighted by Gasteiger charge is 2.35. The van der Waals surface area contributed by atoms with Gasteiger partial charge >= 0.3 is 6.18 Å². The summed E-state index contributed by atoms with van der Waals surface area (Å²) in [6.07, 6.45) is -0.752. The van der Waals surface area contributed by atoms with Crippen LogP contribution in [-0.4, -0.2) is 51.2 Å². The molecular formula is C25H26ClF3N6O4. The van der Waals surface area contributed by atoms with Gasteiger partial charge in [-0.1, -0.05) is 23.7 Å². The van der Waals surface area contributed by atoms with E-state index in [9.17, 15) is 23.1 Å². The second-order valence-electron chi connectivity index (χ2n) is 9.11.